The van der Waals surface area contributed by atoms with Crippen LogP contribution in [-0.2, 0) is 9.53 Å². The van der Waals surface area contributed by atoms with Crippen molar-refractivity contribution < 1.29 is 19.4 Å². The maximum absolute atomic E-state index is 12.2. The number of carbonyl (C=O) groups excluding carboxylic acids is 2. The van der Waals surface area contributed by atoms with Crippen LogP contribution in [0.1, 0.15) is 40.7 Å². The topological polar surface area (TPSA) is 78.5 Å². The maximum atomic E-state index is 12.2. The smallest absolute Gasteiger partial charge is 0.328 e. The first-order valence-electron chi connectivity index (χ1n) is 7.49. The van der Waals surface area contributed by atoms with Gasteiger partial charge in [0.25, 0.3) is 0 Å². The molecule has 1 aromatic rings. The van der Waals surface area contributed by atoms with Crippen LogP contribution >= 0.6 is 0 Å². The van der Waals surface area contributed by atoms with Crippen molar-refractivity contribution in [2.75, 3.05) is 11.9 Å². The molecule has 0 spiro atoms. The van der Waals surface area contributed by atoms with Gasteiger partial charge in [-0.05, 0) is 31.4 Å². The number of aromatic carboxylic acids is 1. The summed E-state index contributed by atoms with van der Waals surface area (Å²) in [6.45, 7) is 3.84. The molecular weight excluding hydrogens is 282 g/mol. The lowest BCUT2D eigenvalue weighted by Gasteiger charge is -2.37. The lowest BCUT2D eigenvalue weighted by Crippen LogP contribution is -2.43. The zero-order chi connectivity index (χ0) is 15.9. The van der Waals surface area contributed by atoms with Gasteiger partial charge < -0.3 is 20.0 Å². The molecule has 0 bridgehead atoms. The van der Waals surface area contributed by atoms with Crippen LogP contribution in [-0.4, -0.2) is 24.6 Å². The number of hydrogen-bond acceptors (Lipinski definition) is 5. The average molecular weight is 300 g/mol. The molecule has 1 heterocycles. The number of anilines is 1. The summed E-state index contributed by atoms with van der Waals surface area (Å²) in [5, 5.41) is 14.4. The van der Waals surface area contributed by atoms with Gasteiger partial charge >= 0.3 is 5.97 Å². The highest BCUT2D eigenvalue weighted by Crippen LogP contribution is 2.46. The molecule has 3 atom stereocenters. The van der Waals surface area contributed by atoms with Gasteiger partial charge in [-0.25, -0.2) is 4.79 Å². The van der Waals surface area contributed by atoms with E-state index >= 15 is 0 Å². The van der Waals surface area contributed by atoms with Gasteiger partial charge in [0.15, 0.2) is 0 Å². The minimum absolute atomic E-state index is 0.111. The molecule has 0 radical (unpaired) electrons. The molecule has 0 unspecified atom stereocenters. The summed E-state index contributed by atoms with van der Waals surface area (Å²) in [5.41, 5.74) is 2.49. The molecule has 1 aliphatic carbocycles. The van der Waals surface area contributed by atoms with Crippen LogP contribution in [0.15, 0.2) is 24.3 Å². The number of carboxylic acid groups (broad SMARTS) is 1. The number of nitrogens with one attached hydrogen (secondary N) is 1. The van der Waals surface area contributed by atoms with Gasteiger partial charge in [0.05, 0.1) is 12.6 Å². The summed E-state index contributed by atoms with van der Waals surface area (Å²) in [7, 11) is 0. The average Bonchev–Trinajstić information content (AvgIpc) is 2.96. The Kier molecular flexibility index (Phi) is 3.64. The number of rotatable bonds is 3. The van der Waals surface area contributed by atoms with E-state index < -0.39 is 12.0 Å². The first kappa shape index (κ1) is 14.6. The minimum atomic E-state index is -1.21. The van der Waals surface area contributed by atoms with Crippen molar-refractivity contribution >= 4 is 17.6 Å². The summed E-state index contributed by atoms with van der Waals surface area (Å²) in [6.07, 6.45) is 4.97. The Morgan fingerprint density at radius 1 is 1.41 bits per heavy atom. The molecule has 1 aromatic carbocycles. The minimum Gasteiger partial charge on any atom is -0.545 e. The summed E-state index contributed by atoms with van der Waals surface area (Å²) in [6, 6.07) is 2.94. The van der Waals surface area contributed by atoms with Crippen molar-refractivity contribution in [1.82, 2.24) is 0 Å². The third kappa shape index (κ3) is 2.17. The third-order valence-corrected chi connectivity index (χ3v) is 4.56. The number of carbonyl (C=O) groups is 2. The van der Waals surface area contributed by atoms with E-state index in [0.717, 1.165) is 12.0 Å². The van der Waals surface area contributed by atoms with Crippen LogP contribution in [0.2, 0.25) is 0 Å². The molecule has 5 heteroatoms. The van der Waals surface area contributed by atoms with Crippen molar-refractivity contribution in [3.05, 3.63) is 41.0 Å². The Bertz CT molecular complexity index is 665. The van der Waals surface area contributed by atoms with E-state index in [0.29, 0.717) is 17.9 Å². The predicted molar refractivity (Wildman–Crippen MR) is 79.5 cm³/mol. The van der Waals surface area contributed by atoms with E-state index in [1.54, 1.807) is 19.9 Å². The normalized spacial score (nSPS) is 25.1. The molecule has 0 fully saturated rings. The number of hydrogen-bond donors (Lipinski definition) is 1. The summed E-state index contributed by atoms with van der Waals surface area (Å²) >= 11 is 0. The fourth-order valence-electron chi connectivity index (χ4n) is 3.50. The lowest BCUT2D eigenvalue weighted by atomic mass is 9.78. The van der Waals surface area contributed by atoms with Crippen LogP contribution in [0.4, 0.5) is 5.69 Å². The summed E-state index contributed by atoms with van der Waals surface area (Å²) in [5.74, 6) is -1.27. The van der Waals surface area contributed by atoms with E-state index in [-0.39, 0.29) is 23.4 Å². The van der Waals surface area contributed by atoms with Gasteiger partial charge in [0, 0.05) is 23.1 Å². The molecule has 0 saturated carbocycles. The molecule has 0 amide bonds. The highest BCUT2D eigenvalue weighted by Gasteiger charge is 2.42. The molecular formula is C17H18NO4-. The van der Waals surface area contributed by atoms with E-state index in [1.807, 2.05) is 6.07 Å². The van der Waals surface area contributed by atoms with E-state index in [4.69, 9.17) is 4.74 Å². The Morgan fingerprint density at radius 2 is 2.18 bits per heavy atom. The zero-order valence-corrected chi connectivity index (χ0v) is 12.6. The second-order valence-electron chi connectivity index (χ2n) is 5.72. The van der Waals surface area contributed by atoms with Crippen LogP contribution in [0.25, 0.3) is 0 Å². The highest BCUT2D eigenvalue weighted by molar-refractivity contribution is 5.92. The molecule has 1 N–H and O–H groups in total. The van der Waals surface area contributed by atoms with Gasteiger partial charge in [-0.1, -0.05) is 24.3 Å². The summed E-state index contributed by atoms with van der Waals surface area (Å²) in [4.78, 5) is 23.4. The molecule has 5 nitrogen and oxygen atoms in total. The van der Waals surface area contributed by atoms with Crippen LogP contribution < -0.4 is 10.4 Å². The monoisotopic (exact) mass is 300 g/mol. The SMILES string of the molecule is CCOC(=O)[C@@H]1Nc2c(ccc(C(=O)[O-])c2C)[C@@H]2C=CC[C@@H]12. The van der Waals surface area contributed by atoms with Crippen LogP contribution in [0, 0.1) is 12.8 Å². The van der Waals surface area contributed by atoms with Crippen molar-refractivity contribution in [3.8, 4) is 0 Å². The van der Waals surface area contributed by atoms with Crippen molar-refractivity contribution in [2.24, 2.45) is 5.92 Å². The number of allylic oxidation sites excluding steroid dienone is 2. The van der Waals surface area contributed by atoms with E-state index in [2.05, 4.69) is 17.5 Å². The van der Waals surface area contributed by atoms with Gasteiger partial charge in [-0.3, -0.25) is 0 Å². The van der Waals surface area contributed by atoms with Crippen LogP contribution in [0.5, 0.6) is 0 Å². The van der Waals surface area contributed by atoms with Gasteiger partial charge in [-0.2, -0.15) is 0 Å². The molecule has 3 rings (SSSR count). The number of carboxylic acids is 1. The first-order chi connectivity index (χ1) is 10.5. The molecule has 2 aliphatic rings. The molecule has 0 saturated heterocycles. The number of fused-ring (bicyclic) bond motifs is 3. The van der Waals surface area contributed by atoms with Gasteiger partial charge in [0.2, 0.25) is 0 Å². The Labute approximate surface area is 129 Å². The number of benzene rings is 1. The lowest BCUT2D eigenvalue weighted by molar-refractivity contribution is -0.255. The Hall–Kier alpha value is -2.30. The molecule has 22 heavy (non-hydrogen) atoms. The second-order valence-corrected chi connectivity index (χ2v) is 5.72. The van der Waals surface area contributed by atoms with Crippen LogP contribution in [0.3, 0.4) is 0 Å². The standard InChI is InChI=1S/C17H19NO4/c1-3-22-17(21)15-12-6-4-5-11(12)13-8-7-10(16(19)20)9(2)14(13)18-15/h4-5,7-8,11-12,15,18H,3,6H2,1-2H3,(H,19,20)/p-1/t11-,12-,15-/m1/s1. The third-order valence-electron chi connectivity index (χ3n) is 4.56. The van der Waals surface area contributed by atoms with E-state index in [9.17, 15) is 14.7 Å². The Balaban J connectivity index is 2.06. The fourth-order valence-corrected chi connectivity index (χ4v) is 3.50. The number of esters is 1. The summed E-state index contributed by atoms with van der Waals surface area (Å²) < 4.78 is 5.16. The fraction of sp³-hybridized carbons (Fsp3) is 0.412. The maximum Gasteiger partial charge on any atom is 0.328 e. The molecule has 1 aliphatic heterocycles. The zero-order valence-electron chi connectivity index (χ0n) is 12.6. The van der Waals surface area contributed by atoms with Gasteiger partial charge in [-0.15, -0.1) is 0 Å². The van der Waals surface area contributed by atoms with E-state index in [1.165, 1.54) is 0 Å². The first-order valence-corrected chi connectivity index (χ1v) is 7.49. The second kappa shape index (κ2) is 5.48. The number of ether oxygens (including phenoxy) is 1. The quantitative estimate of drug-likeness (QED) is 0.674. The Morgan fingerprint density at radius 3 is 2.86 bits per heavy atom. The van der Waals surface area contributed by atoms with Crippen molar-refractivity contribution in [1.29, 1.82) is 0 Å². The largest absolute Gasteiger partial charge is 0.545 e. The molecule has 116 valence electrons. The highest BCUT2D eigenvalue weighted by atomic mass is 16.5. The van der Waals surface area contributed by atoms with Crippen molar-refractivity contribution in [2.45, 2.75) is 32.2 Å². The molecule has 0 aromatic heterocycles. The predicted octanol–water partition coefficient (Wildman–Crippen LogP) is 1.38. The van der Waals surface area contributed by atoms with Crippen molar-refractivity contribution in [3.63, 3.8) is 0 Å². The van der Waals surface area contributed by atoms with Gasteiger partial charge in [0.1, 0.15) is 6.04 Å².